The summed E-state index contributed by atoms with van der Waals surface area (Å²) in [4.78, 5) is 11.2. The fourth-order valence-electron chi connectivity index (χ4n) is 1.06. The molecule has 0 bridgehead atoms. The molecule has 1 rings (SSSR count). The number of alkyl carbamates (subject to hydrolysis) is 1. The molecule has 0 saturated carbocycles. The second-order valence-corrected chi connectivity index (χ2v) is 3.45. The quantitative estimate of drug-likeness (QED) is 0.788. The molecule has 1 amide bonds. The van der Waals surface area contributed by atoms with E-state index in [1.54, 1.807) is 0 Å². The highest BCUT2D eigenvalue weighted by Crippen LogP contribution is 2.00. The van der Waals surface area contributed by atoms with Crippen molar-refractivity contribution in [1.82, 2.24) is 10.6 Å². The number of nitrogens with one attached hydrogen (secondary N) is 2. The third-order valence-corrected chi connectivity index (χ3v) is 2.01. The summed E-state index contributed by atoms with van der Waals surface area (Å²) in [5, 5.41) is 5.48. The van der Waals surface area contributed by atoms with Gasteiger partial charge in [0.2, 0.25) is 0 Å². The van der Waals surface area contributed by atoms with Crippen molar-refractivity contribution in [1.29, 1.82) is 0 Å². The van der Waals surface area contributed by atoms with Gasteiger partial charge in [0, 0.05) is 6.54 Å². The molecule has 0 radical (unpaired) electrons. The first-order valence-electron chi connectivity index (χ1n) is 4.98. The van der Waals surface area contributed by atoms with Crippen LogP contribution in [0, 0.1) is 0 Å². The Morgan fingerprint density at radius 1 is 1.38 bits per heavy atom. The van der Waals surface area contributed by atoms with Crippen LogP contribution in [0.15, 0.2) is 30.3 Å². The summed E-state index contributed by atoms with van der Waals surface area (Å²) in [6.07, 6.45) is -0.546. The first-order valence-corrected chi connectivity index (χ1v) is 5.38. The van der Waals surface area contributed by atoms with Gasteiger partial charge in [-0.2, -0.15) is 0 Å². The second kappa shape index (κ2) is 6.79. The van der Waals surface area contributed by atoms with Crippen LogP contribution in [-0.4, -0.2) is 17.8 Å². The lowest BCUT2D eigenvalue weighted by Crippen LogP contribution is -2.39. The van der Waals surface area contributed by atoms with Gasteiger partial charge < -0.3 is 10.1 Å². The first-order chi connectivity index (χ1) is 7.72. The molecule has 1 aromatic rings. The molecule has 16 heavy (non-hydrogen) atoms. The fourth-order valence-corrected chi connectivity index (χ4v) is 1.28. The molecular formula is C11H14N2O2S. The minimum Gasteiger partial charge on any atom is -0.444 e. The van der Waals surface area contributed by atoms with Crippen LogP contribution < -0.4 is 10.6 Å². The van der Waals surface area contributed by atoms with Crippen molar-refractivity contribution >= 4 is 23.4 Å². The van der Waals surface area contributed by atoms with Gasteiger partial charge in [0.1, 0.15) is 6.61 Å². The number of hydrogen-bond acceptors (Lipinski definition) is 3. The summed E-state index contributed by atoms with van der Waals surface area (Å²) in [5.74, 6) is 0. The summed E-state index contributed by atoms with van der Waals surface area (Å²) in [6.45, 7) is 2.79. The number of amides is 1. The maximum Gasteiger partial charge on any atom is 0.413 e. The Balaban J connectivity index is 2.28. The van der Waals surface area contributed by atoms with E-state index in [1.165, 1.54) is 0 Å². The molecule has 0 saturated heterocycles. The molecule has 0 fully saturated rings. The van der Waals surface area contributed by atoms with Gasteiger partial charge in [0.05, 0.1) is 0 Å². The molecule has 5 heteroatoms. The maximum atomic E-state index is 11.2. The second-order valence-electron chi connectivity index (χ2n) is 3.05. The van der Waals surface area contributed by atoms with Crippen molar-refractivity contribution in [3.63, 3.8) is 0 Å². The number of benzene rings is 1. The van der Waals surface area contributed by atoms with E-state index in [2.05, 4.69) is 10.6 Å². The van der Waals surface area contributed by atoms with Crippen molar-refractivity contribution in [3.8, 4) is 0 Å². The molecule has 86 valence electrons. The number of carbonyl (C=O) groups is 1. The molecular weight excluding hydrogens is 224 g/mol. The minimum absolute atomic E-state index is 0.238. The Labute approximate surface area is 100.0 Å². The molecule has 0 aliphatic carbocycles. The van der Waals surface area contributed by atoms with Gasteiger partial charge in [-0.25, -0.2) is 4.79 Å². The fraction of sp³-hybridized carbons (Fsp3) is 0.273. The van der Waals surface area contributed by atoms with E-state index < -0.39 is 6.09 Å². The van der Waals surface area contributed by atoms with E-state index in [0.717, 1.165) is 5.56 Å². The predicted molar refractivity (Wildman–Crippen MR) is 66.0 cm³/mol. The molecule has 0 atom stereocenters. The lowest BCUT2D eigenvalue weighted by molar-refractivity contribution is 0.145. The van der Waals surface area contributed by atoms with E-state index in [-0.39, 0.29) is 11.7 Å². The predicted octanol–water partition coefficient (Wildman–Crippen LogP) is 1.81. The molecule has 0 aliphatic heterocycles. The molecule has 2 N–H and O–H groups in total. The van der Waals surface area contributed by atoms with Gasteiger partial charge in [-0.3, -0.25) is 5.32 Å². The zero-order valence-corrected chi connectivity index (χ0v) is 9.84. The van der Waals surface area contributed by atoms with Crippen molar-refractivity contribution in [2.45, 2.75) is 13.5 Å². The van der Waals surface area contributed by atoms with E-state index >= 15 is 0 Å². The normalized spacial score (nSPS) is 9.31. The van der Waals surface area contributed by atoms with Gasteiger partial charge in [0.15, 0.2) is 5.11 Å². The smallest absolute Gasteiger partial charge is 0.413 e. The van der Waals surface area contributed by atoms with E-state index in [0.29, 0.717) is 6.54 Å². The van der Waals surface area contributed by atoms with Crippen molar-refractivity contribution in [3.05, 3.63) is 35.9 Å². The standard InChI is InChI=1S/C11H14N2O2S/c1-2-12-10(16)13-11(14)15-8-9-6-4-3-5-7-9/h3-7H,2,8H2,1H3,(H2,12,13,14,16). The Morgan fingerprint density at radius 3 is 2.69 bits per heavy atom. The molecule has 4 nitrogen and oxygen atoms in total. The van der Waals surface area contributed by atoms with Gasteiger partial charge in [-0.15, -0.1) is 0 Å². The number of hydrogen-bond donors (Lipinski definition) is 2. The zero-order valence-electron chi connectivity index (χ0n) is 9.03. The van der Waals surface area contributed by atoms with Gasteiger partial charge >= 0.3 is 6.09 Å². The van der Waals surface area contributed by atoms with Crippen LogP contribution >= 0.6 is 12.2 Å². The Hall–Kier alpha value is -1.62. The number of thiocarbonyl (C=S) groups is 1. The van der Waals surface area contributed by atoms with Gasteiger partial charge in [-0.1, -0.05) is 30.3 Å². The lowest BCUT2D eigenvalue weighted by atomic mass is 10.2. The largest absolute Gasteiger partial charge is 0.444 e. The highest BCUT2D eigenvalue weighted by Gasteiger charge is 2.04. The van der Waals surface area contributed by atoms with E-state index in [4.69, 9.17) is 17.0 Å². The monoisotopic (exact) mass is 238 g/mol. The minimum atomic E-state index is -0.546. The molecule has 0 heterocycles. The summed E-state index contributed by atoms with van der Waals surface area (Å²) in [6, 6.07) is 9.45. The summed E-state index contributed by atoms with van der Waals surface area (Å²) >= 11 is 4.84. The molecule has 0 aromatic heterocycles. The van der Waals surface area contributed by atoms with Crippen molar-refractivity contribution < 1.29 is 9.53 Å². The van der Waals surface area contributed by atoms with Crippen molar-refractivity contribution in [2.75, 3.05) is 6.54 Å². The number of rotatable bonds is 3. The van der Waals surface area contributed by atoms with E-state index in [1.807, 2.05) is 37.3 Å². The highest BCUT2D eigenvalue weighted by molar-refractivity contribution is 7.80. The average molecular weight is 238 g/mol. The summed E-state index contributed by atoms with van der Waals surface area (Å²) < 4.78 is 4.97. The molecule has 0 aliphatic rings. The Bertz CT molecular complexity index is 354. The Kier molecular flexibility index (Phi) is 5.28. The highest BCUT2D eigenvalue weighted by atomic mass is 32.1. The Morgan fingerprint density at radius 2 is 2.06 bits per heavy atom. The third kappa shape index (κ3) is 4.75. The topological polar surface area (TPSA) is 50.4 Å². The van der Waals surface area contributed by atoms with Crippen LogP contribution in [0.1, 0.15) is 12.5 Å². The van der Waals surface area contributed by atoms with Crippen LogP contribution in [0.4, 0.5) is 4.79 Å². The third-order valence-electron chi connectivity index (χ3n) is 1.77. The van der Waals surface area contributed by atoms with Crippen LogP contribution in [0.2, 0.25) is 0 Å². The van der Waals surface area contributed by atoms with Gasteiger partial charge in [0.25, 0.3) is 0 Å². The summed E-state index contributed by atoms with van der Waals surface area (Å²) in [5.41, 5.74) is 0.937. The molecule has 1 aromatic carbocycles. The zero-order chi connectivity index (χ0) is 11.8. The number of carbonyl (C=O) groups excluding carboxylic acids is 1. The molecule has 0 unspecified atom stereocenters. The summed E-state index contributed by atoms with van der Waals surface area (Å²) in [7, 11) is 0. The maximum absolute atomic E-state index is 11.2. The van der Waals surface area contributed by atoms with Crippen LogP contribution in [-0.2, 0) is 11.3 Å². The van der Waals surface area contributed by atoms with Crippen LogP contribution in [0.5, 0.6) is 0 Å². The van der Waals surface area contributed by atoms with E-state index in [9.17, 15) is 4.79 Å². The van der Waals surface area contributed by atoms with Crippen LogP contribution in [0.25, 0.3) is 0 Å². The lowest BCUT2D eigenvalue weighted by Gasteiger charge is -2.08. The first kappa shape index (κ1) is 12.4. The molecule has 0 spiro atoms. The number of ether oxygens (including phenoxy) is 1. The van der Waals surface area contributed by atoms with Crippen LogP contribution in [0.3, 0.4) is 0 Å². The SMILES string of the molecule is CCNC(=S)NC(=O)OCc1ccccc1. The van der Waals surface area contributed by atoms with Gasteiger partial charge in [-0.05, 0) is 24.7 Å². The average Bonchev–Trinajstić information content (AvgIpc) is 2.28. The van der Waals surface area contributed by atoms with Crippen molar-refractivity contribution in [2.24, 2.45) is 0 Å².